The summed E-state index contributed by atoms with van der Waals surface area (Å²) in [6.45, 7) is 0. The van der Waals surface area contributed by atoms with Crippen LogP contribution in [0.25, 0.3) is 0 Å². The van der Waals surface area contributed by atoms with Gasteiger partial charge in [-0.1, -0.05) is 24.3 Å². The summed E-state index contributed by atoms with van der Waals surface area (Å²) >= 11 is 0. The van der Waals surface area contributed by atoms with Crippen LogP contribution in [0.15, 0.2) is 54.6 Å². The third-order valence-corrected chi connectivity index (χ3v) is 4.50. The number of fused-ring (bicyclic) bond motifs is 5. The molecule has 2 heterocycles. The van der Waals surface area contributed by atoms with Crippen molar-refractivity contribution >= 4 is 0 Å². The Bertz CT molecular complexity index is 944. The minimum atomic E-state index is 0.256. The fourth-order valence-electron chi connectivity index (χ4n) is 3.36. The first-order chi connectivity index (χ1) is 11.3. The van der Waals surface area contributed by atoms with Gasteiger partial charge in [-0.2, -0.15) is 0 Å². The molecule has 1 N–H and O–H groups in total. The molecular weight excluding hydrogens is 288 g/mol. The first-order valence-corrected chi connectivity index (χ1v) is 7.68. The van der Waals surface area contributed by atoms with Crippen molar-refractivity contribution in [1.82, 2.24) is 0 Å². The van der Waals surface area contributed by atoms with Gasteiger partial charge in [0.2, 0.25) is 0 Å². The molecule has 0 bridgehead atoms. The van der Waals surface area contributed by atoms with Crippen molar-refractivity contribution in [3.05, 3.63) is 76.9 Å². The average Bonchev–Trinajstić information content (AvgIpc) is 2.58. The molecule has 0 radical (unpaired) electrons. The topological polar surface area (TPSA) is 38.7 Å². The first-order valence-electron chi connectivity index (χ1n) is 7.68. The number of para-hydroxylation sites is 1. The van der Waals surface area contributed by atoms with E-state index in [1.54, 1.807) is 12.1 Å². The van der Waals surface area contributed by atoms with Crippen molar-refractivity contribution in [2.24, 2.45) is 0 Å². The Kier molecular flexibility index (Phi) is 2.48. The van der Waals surface area contributed by atoms with Gasteiger partial charge in [-0.25, -0.2) is 0 Å². The summed E-state index contributed by atoms with van der Waals surface area (Å²) in [6.07, 6.45) is 1.57. The highest BCUT2D eigenvalue weighted by atomic mass is 16.5. The van der Waals surface area contributed by atoms with Crippen molar-refractivity contribution in [2.75, 3.05) is 0 Å². The molecule has 0 aliphatic carbocycles. The molecule has 5 rings (SSSR count). The van der Waals surface area contributed by atoms with Crippen molar-refractivity contribution in [2.45, 2.75) is 12.8 Å². The number of phenols is 1. The van der Waals surface area contributed by atoms with Gasteiger partial charge in [0.25, 0.3) is 0 Å². The van der Waals surface area contributed by atoms with Crippen LogP contribution in [0.3, 0.4) is 0 Å². The molecule has 3 aromatic carbocycles. The number of phenolic OH excluding ortho intramolecular Hbond substituents is 1. The molecule has 0 saturated carbocycles. The zero-order valence-corrected chi connectivity index (χ0v) is 12.4. The molecule has 2 aliphatic rings. The van der Waals surface area contributed by atoms with Crippen LogP contribution in [0, 0.1) is 0 Å². The molecule has 0 fully saturated rings. The van der Waals surface area contributed by atoms with E-state index in [2.05, 4.69) is 12.1 Å². The van der Waals surface area contributed by atoms with E-state index in [9.17, 15) is 5.11 Å². The summed E-state index contributed by atoms with van der Waals surface area (Å²) in [5, 5.41) is 9.72. The summed E-state index contributed by atoms with van der Waals surface area (Å²) < 4.78 is 12.2. The zero-order chi connectivity index (χ0) is 15.4. The van der Waals surface area contributed by atoms with E-state index in [0.29, 0.717) is 6.42 Å². The number of rotatable bonds is 0. The van der Waals surface area contributed by atoms with E-state index in [1.807, 2.05) is 30.3 Å². The van der Waals surface area contributed by atoms with Crippen LogP contribution in [0.5, 0.6) is 28.7 Å². The minimum absolute atomic E-state index is 0.256. The van der Waals surface area contributed by atoms with Crippen LogP contribution in [0.2, 0.25) is 0 Å². The summed E-state index contributed by atoms with van der Waals surface area (Å²) in [6, 6.07) is 17.4. The maximum Gasteiger partial charge on any atom is 0.138 e. The summed E-state index contributed by atoms with van der Waals surface area (Å²) in [7, 11) is 0. The lowest BCUT2D eigenvalue weighted by Gasteiger charge is -2.27. The molecular formula is C20H14O3. The molecule has 3 aromatic rings. The number of hydrogen-bond acceptors (Lipinski definition) is 3. The number of aromatic hydroxyl groups is 1. The quantitative estimate of drug-likeness (QED) is 0.447. The smallest absolute Gasteiger partial charge is 0.138 e. The van der Waals surface area contributed by atoms with Crippen molar-refractivity contribution in [3.8, 4) is 28.7 Å². The Balaban J connectivity index is 1.63. The van der Waals surface area contributed by atoms with Gasteiger partial charge in [-0.05, 0) is 41.5 Å². The maximum atomic E-state index is 9.72. The summed E-state index contributed by atoms with van der Waals surface area (Å²) in [5.41, 5.74) is 4.41. The molecule has 2 aliphatic heterocycles. The van der Waals surface area contributed by atoms with Crippen LogP contribution in [0.1, 0.15) is 22.3 Å². The van der Waals surface area contributed by atoms with Crippen molar-refractivity contribution in [1.29, 1.82) is 0 Å². The van der Waals surface area contributed by atoms with Gasteiger partial charge in [0.1, 0.15) is 28.7 Å². The monoisotopic (exact) mass is 302 g/mol. The van der Waals surface area contributed by atoms with Gasteiger partial charge in [-0.15, -0.1) is 0 Å². The lowest BCUT2D eigenvalue weighted by Crippen LogP contribution is -2.10. The Morgan fingerprint density at radius 2 is 1.52 bits per heavy atom. The van der Waals surface area contributed by atoms with Crippen molar-refractivity contribution in [3.63, 3.8) is 0 Å². The summed E-state index contributed by atoms with van der Waals surface area (Å²) in [4.78, 5) is 0. The summed E-state index contributed by atoms with van der Waals surface area (Å²) in [5.74, 6) is 3.70. The molecule has 23 heavy (non-hydrogen) atoms. The number of ether oxygens (including phenoxy) is 2. The largest absolute Gasteiger partial charge is 0.508 e. The predicted octanol–water partition coefficient (Wildman–Crippen LogP) is 4.79. The Hall–Kier alpha value is -2.94. The number of hydrogen-bond donors (Lipinski definition) is 1. The van der Waals surface area contributed by atoms with E-state index >= 15 is 0 Å². The normalized spacial score (nSPS) is 13.7. The molecule has 3 heteroatoms. The van der Waals surface area contributed by atoms with Gasteiger partial charge in [-0.3, -0.25) is 0 Å². The van der Waals surface area contributed by atoms with Gasteiger partial charge in [0.05, 0.1) is 0 Å². The fourth-order valence-corrected chi connectivity index (χ4v) is 3.36. The van der Waals surface area contributed by atoms with Crippen LogP contribution >= 0.6 is 0 Å². The van der Waals surface area contributed by atoms with E-state index < -0.39 is 0 Å². The third-order valence-electron chi connectivity index (χ3n) is 4.50. The van der Waals surface area contributed by atoms with Crippen LogP contribution in [0.4, 0.5) is 0 Å². The van der Waals surface area contributed by atoms with Crippen LogP contribution in [-0.2, 0) is 12.8 Å². The molecule has 0 unspecified atom stereocenters. The standard InChI is InChI=1S/C20H14O3/c21-15-6-8-18-14(10-15)11-16-19(22-18)7-5-13-9-12-3-1-2-4-17(12)23-20(13)16/h1-8,10,21H,9,11H2. The molecule has 0 spiro atoms. The molecule has 0 amide bonds. The van der Waals surface area contributed by atoms with E-state index in [-0.39, 0.29) is 5.75 Å². The second-order valence-electron chi connectivity index (χ2n) is 5.99. The minimum Gasteiger partial charge on any atom is -0.508 e. The highest BCUT2D eigenvalue weighted by Gasteiger charge is 2.26. The van der Waals surface area contributed by atoms with Crippen LogP contribution in [-0.4, -0.2) is 5.11 Å². The van der Waals surface area contributed by atoms with E-state index in [0.717, 1.165) is 40.5 Å². The van der Waals surface area contributed by atoms with Gasteiger partial charge >= 0.3 is 0 Å². The molecule has 112 valence electrons. The predicted molar refractivity (Wildman–Crippen MR) is 86.8 cm³/mol. The lowest BCUT2D eigenvalue weighted by atomic mass is 9.93. The Morgan fingerprint density at radius 1 is 0.696 bits per heavy atom. The van der Waals surface area contributed by atoms with E-state index in [1.165, 1.54) is 11.1 Å². The van der Waals surface area contributed by atoms with Gasteiger partial charge < -0.3 is 14.6 Å². The lowest BCUT2D eigenvalue weighted by molar-refractivity contribution is 0.423. The van der Waals surface area contributed by atoms with Gasteiger partial charge in [0.15, 0.2) is 0 Å². The fraction of sp³-hybridized carbons (Fsp3) is 0.100. The maximum absolute atomic E-state index is 9.72. The van der Waals surface area contributed by atoms with Crippen molar-refractivity contribution < 1.29 is 14.6 Å². The highest BCUT2D eigenvalue weighted by Crippen LogP contribution is 2.47. The SMILES string of the molecule is Oc1ccc2c(c1)Cc1c(ccc3c1Oc1ccccc1C3)O2. The first kappa shape index (κ1) is 12.6. The second kappa shape index (κ2) is 4.53. The third kappa shape index (κ3) is 1.90. The second-order valence-corrected chi connectivity index (χ2v) is 5.99. The van der Waals surface area contributed by atoms with Gasteiger partial charge in [0, 0.05) is 24.0 Å². The molecule has 3 nitrogen and oxygen atoms in total. The number of benzene rings is 3. The van der Waals surface area contributed by atoms with Crippen LogP contribution < -0.4 is 9.47 Å². The van der Waals surface area contributed by atoms with E-state index in [4.69, 9.17) is 9.47 Å². The Morgan fingerprint density at radius 3 is 2.48 bits per heavy atom. The highest BCUT2D eigenvalue weighted by molar-refractivity contribution is 5.62. The molecule has 0 aromatic heterocycles. The zero-order valence-electron chi connectivity index (χ0n) is 12.4. The average molecular weight is 302 g/mol. The molecule has 0 atom stereocenters. The molecule has 0 saturated heterocycles. The Labute approximate surface area is 133 Å².